The standard InChI is InChI=1S/C92H97B2NS2/c1-9-29-58(30-10-1)49-71(60-33-13-3-14-34-60)65-52-75-74(50-59-31-11-2-12-32-59)87-69-45-25-27-47-81(69)96-91(87)93-89-78-56-73-72(61-35-15-4-16-36-61)54-66-51-67(83(62-37-17-5-18-38-62)63-39-19-6-20-40-63)55-80-85(66)88(77(73)57-76(78)84(79(53-65)86(75)89)64-41-21-7-22-42-64)94-92-90(70-46-26-28-48-82(70)97-92)95(80)68-43-23-8-24-44-68/h1-3,5,8-13,17-19,21,23,25-33,37,39-41,45-49,51,53,61-62,64-65,67-68,72,74,76,78,83-84,87-92H,4,6-7,14-16,20,22,24,34-36,38,42-44,50,52,54-57H2/b71-49+. The molecule has 4 aliphatic heterocycles. The monoisotopic (exact) mass is 1300 g/mol. The molecule has 0 aromatic heterocycles. The van der Waals surface area contributed by atoms with Gasteiger partial charge in [0.15, 0.2) is 0 Å². The Kier molecular flexibility index (Phi) is 17.1. The van der Waals surface area contributed by atoms with Crippen molar-refractivity contribution in [1.82, 2.24) is 4.90 Å². The Hall–Kier alpha value is -6.13. The Morgan fingerprint density at radius 2 is 1.41 bits per heavy atom. The molecule has 5 heteroatoms. The summed E-state index contributed by atoms with van der Waals surface area (Å²) in [5.41, 5.74) is 25.5. The van der Waals surface area contributed by atoms with E-state index in [0.29, 0.717) is 93.2 Å². The topological polar surface area (TPSA) is 3.24 Å². The first kappa shape index (κ1) is 61.9. The zero-order valence-corrected chi connectivity index (χ0v) is 58.7. The van der Waals surface area contributed by atoms with Gasteiger partial charge in [-0.2, -0.15) is 0 Å². The molecule has 2 fully saturated rings. The number of thioether (sulfide) groups is 2. The number of nitrogens with zero attached hydrogens (tertiary/aromatic N) is 1. The van der Waals surface area contributed by atoms with Crippen LogP contribution in [0.15, 0.2) is 278 Å². The molecule has 0 bridgehead atoms. The average molecular weight is 1300 g/mol. The summed E-state index contributed by atoms with van der Waals surface area (Å²) in [4.78, 5) is 6.30. The van der Waals surface area contributed by atoms with Gasteiger partial charge < -0.3 is 4.90 Å². The molecule has 2 radical (unpaired) electrons. The van der Waals surface area contributed by atoms with E-state index >= 15 is 0 Å². The van der Waals surface area contributed by atoms with E-state index in [2.05, 4.69) is 255 Å². The van der Waals surface area contributed by atoms with E-state index in [1.165, 1.54) is 104 Å². The van der Waals surface area contributed by atoms with Gasteiger partial charge in [0, 0.05) is 32.6 Å². The third kappa shape index (κ3) is 11.3. The largest absolute Gasteiger partial charge is 0.364 e. The summed E-state index contributed by atoms with van der Waals surface area (Å²) in [6.07, 6.45) is 71.4. The third-order valence-corrected chi connectivity index (χ3v) is 29.8. The van der Waals surface area contributed by atoms with Crippen molar-refractivity contribution in [3.05, 3.63) is 290 Å². The molecule has 2 saturated carbocycles. The van der Waals surface area contributed by atoms with E-state index in [4.69, 9.17) is 0 Å². The third-order valence-electron chi connectivity index (χ3n) is 27.2. The van der Waals surface area contributed by atoms with E-state index in [-0.39, 0.29) is 5.92 Å². The van der Waals surface area contributed by atoms with Crippen molar-refractivity contribution in [1.29, 1.82) is 0 Å². The fourth-order valence-corrected chi connectivity index (χ4v) is 26.2. The normalized spacial score (nSPS) is 34.9. The van der Waals surface area contributed by atoms with Gasteiger partial charge in [-0.1, -0.05) is 236 Å². The first-order valence-corrected chi connectivity index (χ1v) is 40.7. The highest BCUT2D eigenvalue weighted by Gasteiger charge is 2.59. The molecule has 0 N–H and O–H groups in total. The molecule has 4 aromatic carbocycles. The number of fused-ring (bicyclic) bond motifs is 9. The molecule has 97 heavy (non-hydrogen) atoms. The molecule has 4 aromatic rings. The lowest BCUT2D eigenvalue weighted by Crippen LogP contribution is -2.45. The predicted molar refractivity (Wildman–Crippen MR) is 410 cm³/mol. The molecule has 0 spiro atoms. The van der Waals surface area contributed by atoms with Crippen molar-refractivity contribution in [3.63, 3.8) is 0 Å². The van der Waals surface area contributed by atoms with Crippen molar-refractivity contribution >= 4 is 44.2 Å². The van der Waals surface area contributed by atoms with Gasteiger partial charge >= 0.3 is 0 Å². The minimum atomic E-state index is 0.290. The van der Waals surface area contributed by atoms with E-state index in [1.807, 2.05) is 22.3 Å². The molecule has 11 aliphatic carbocycles. The minimum absolute atomic E-state index is 0.290. The summed E-state index contributed by atoms with van der Waals surface area (Å²) >= 11 is 4.50. The maximum absolute atomic E-state index is 3.23. The molecule has 15 aliphatic rings. The fraction of sp³-hybridized carbons (Fsp3) is 0.435. The molecule has 17 unspecified atom stereocenters. The fourth-order valence-electron chi connectivity index (χ4n) is 23.3. The summed E-state index contributed by atoms with van der Waals surface area (Å²) in [6.45, 7) is 0. The molecule has 1 nitrogen and oxygen atoms in total. The van der Waals surface area contributed by atoms with Crippen LogP contribution in [0, 0.1) is 65.1 Å². The van der Waals surface area contributed by atoms with Gasteiger partial charge in [0.2, 0.25) is 0 Å². The van der Waals surface area contributed by atoms with Crippen LogP contribution in [0.4, 0.5) is 0 Å². The number of hydrogen-bond donors (Lipinski definition) is 0. The minimum Gasteiger partial charge on any atom is -0.364 e. The molecule has 488 valence electrons. The van der Waals surface area contributed by atoms with E-state index in [9.17, 15) is 0 Å². The second-order valence-electron chi connectivity index (χ2n) is 32.2. The van der Waals surface area contributed by atoms with Crippen LogP contribution in [0.5, 0.6) is 0 Å². The maximum atomic E-state index is 3.23. The summed E-state index contributed by atoms with van der Waals surface area (Å²) in [5, 5.41) is 0.790. The molecular formula is C92H97B2NS2. The number of allylic oxidation sites excluding steroid dienone is 26. The highest BCUT2D eigenvalue weighted by atomic mass is 32.2. The Balaban J connectivity index is 0.842. The van der Waals surface area contributed by atoms with Crippen LogP contribution in [-0.4, -0.2) is 35.8 Å². The molecule has 0 saturated heterocycles. The highest BCUT2D eigenvalue weighted by Crippen LogP contribution is 2.70. The van der Waals surface area contributed by atoms with Gasteiger partial charge in [0.1, 0.15) is 14.6 Å². The second kappa shape index (κ2) is 26.8. The molecule has 17 atom stereocenters. The van der Waals surface area contributed by atoms with E-state index in [1.54, 1.807) is 50.3 Å². The van der Waals surface area contributed by atoms with Gasteiger partial charge in [-0.05, 0) is 277 Å². The lowest BCUT2D eigenvalue weighted by Gasteiger charge is -2.55. The number of benzene rings is 4. The Bertz CT molecular complexity index is 4170. The lowest BCUT2D eigenvalue weighted by molar-refractivity contribution is 0.154. The van der Waals surface area contributed by atoms with Crippen LogP contribution < -0.4 is 0 Å². The van der Waals surface area contributed by atoms with Gasteiger partial charge in [0.05, 0.1) is 6.04 Å². The summed E-state index contributed by atoms with van der Waals surface area (Å²) in [5.74, 6) is 6.57. The van der Waals surface area contributed by atoms with E-state index < -0.39 is 0 Å². The summed E-state index contributed by atoms with van der Waals surface area (Å²) < 4.78 is 0. The molecular weight excluding hydrogens is 1200 g/mol. The summed E-state index contributed by atoms with van der Waals surface area (Å²) in [7, 11) is 6.21. The van der Waals surface area contributed by atoms with E-state index in [0.717, 1.165) is 63.7 Å². The Morgan fingerprint density at radius 1 is 0.588 bits per heavy atom. The van der Waals surface area contributed by atoms with Crippen molar-refractivity contribution in [2.75, 3.05) is 0 Å². The summed E-state index contributed by atoms with van der Waals surface area (Å²) in [6, 6.07) is 43.8. The zero-order valence-electron chi connectivity index (χ0n) is 57.1. The Labute approximate surface area is 591 Å². The maximum Gasteiger partial charge on any atom is 0.146 e. The zero-order chi connectivity index (χ0) is 63.9. The average Bonchev–Trinajstić information content (AvgIpc) is 1.67. The Morgan fingerprint density at radius 3 is 2.21 bits per heavy atom. The SMILES string of the molecule is [B]1C2C3=C(CC4C5[B]C6Sc7ccccc7C6C(Cc6ccccc6)C6=C5C(=CC(/C(=C/c5ccccc5)C5=CC=CCC5)C6)C(C5C=CCCC5)C4C3)C(C3CCCCC3)CC3=CC(C(C4=CCCC=C4)C4C=CC=CC4)CC(=C32)N(C2CC=CCC2)C2c3ccccc3SC12. The van der Waals surface area contributed by atoms with Crippen LogP contribution in [0.25, 0.3) is 6.08 Å². The van der Waals surface area contributed by atoms with Gasteiger partial charge in [-0.15, -0.1) is 23.5 Å². The molecule has 4 heterocycles. The number of hydrogen-bond acceptors (Lipinski definition) is 3. The van der Waals surface area contributed by atoms with Crippen LogP contribution in [0.2, 0.25) is 11.6 Å². The lowest BCUT2D eigenvalue weighted by atomic mass is 9.41. The molecule has 0 amide bonds. The number of rotatable bonds is 11. The predicted octanol–water partition coefficient (Wildman–Crippen LogP) is 23.4. The van der Waals surface area contributed by atoms with Crippen LogP contribution in [0.1, 0.15) is 169 Å². The van der Waals surface area contributed by atoms with Crippen LogP contribution >= 0.6 is 23.5 Å². The van der Waals surface area contributed by atoms with Crippen molar-refractivity contribution < 1.29 is 0 Å². The second-order valence-corrected chi connectivity index (χ2v) is 34.6. The quantitative estimate of drug-likeness (QED) is 0.109. The van der Waals surface area contributed by atoms with Crippen LogP contribution in [-0.2, 0) is 6.42 Å². The smallest absolute Gasteiger partial charge is 0.146 e. The van der Waals surface area contributed by atoms with Gasteiger partial charge in [0.25, 0.3) is 0 Å². The van der Waals surface area contributed by atoms with Gasteiger partial charge in [-0.25, -0.2) is 0 Å². The first-order chi connectivity index (χ1) is 48.1. The van der Waals surface area contributed by atoms with Crippen molar-refractivity contribution in [2.45, 2.75) is 191 Å². The van der Waals surface area contributed by atoms with Gasteiger partial charge in [-0.3, -0.25) is 0 Å². The van der Waals surface area contributed by atoms with Crippen LogP contribution in [0.3, 0.4) is 0 Å². The molecule has 19 rings (SSSR count). The first-order valence-electron chi connectivity index (χ1n) is 38.9. The van der Waals surface area contributed by atoms with Crippen molar-refractivity contribution in [3.8, 4) is 0 Å². The highest BCUT2D eigenvalue weighted by molar-refractivity contribution is 8.01. The van der Waals surface area contributed by atoms with Crippen molar-refractivity contribution in [2.24, 2.45) is 65.1 Å².